The van der Waals surface area contributed by atoms with Gasteiger partial charge < -0.3 is 10.1 Å². The fraction of sp³-hybridized carbons (Fsp3) is 0.933. The predicted octanol–water partition coefficient (Wildman–Crippen LogP) is 3.13. The number of carbonyl (C=O) groups is 1. The number of ether oxygens (including phenoxy) is 1. The van der Waals surface area contributed by atoms with Gasteiger partial charge in [0.25, 0.3) is 0 Å². The van der Waals surface area contributed by atoms with Crippen LogP contribution in [0.1, 0.15) is 59.8 Å². The van der Waals surface area contributed by atoms with Crippen LogP contribution in [0.3, 0.4) is 0 Å². The number of rotatable bonds is 5. The van der Waals surface area contributed by atoms with Crippen LogP contribution in [0, 0.1) is 11.8 Å². The van der Waals surface area contributed by atoms with Crippen molar-refractivity contribution in [3.63, 3.8) is 0 Å². The minimum Gasteiger partial charge on any atom is -0.460 e. The highest BCUT2D eigenvalue weighted by Crippen LogP contribution is 2.28. The highest BCUT2D eigenvalue weighted by molar-refractivity contribution is 5.70. The molecule has 0 aromatic carbocycles. The van der Waals surface area contributed by atoms with Gasteiger partial charge in [-0.3, -0.25) is 4.79 Å². The molecule has 1 fully saturated rings. The minimum atomic E-state index is -0.366. The lowest BCUT2D eigenvalue weighted by Crippen LogP contribution is -2.32. The minimum absolute atomic E-state index is 0.105. The second-order valence-electron chi connectivity index (χ2n) is 6.56. The lowest BCUT2D eigenvalue weighted by molar-refractivity contribution is -0.154. The summed E-state index contributed by atoms with van der Waals surface area (Å²) in [7, 11) is 0. The third-order valence-corrected chi connectivity index (χ3v) is 3.62. The molecule has 0 aromatic heterocycles. The standard InChI is InChI=1S/C15H29NO2/c1-12-7-5-6-8-13(12)11-16-10-9-14(17)18-15(2,3)4/h12-13,16H,5-11H2,1-4H3. The van der Waals surface area contributed by atoms with Gasteiger partial charge in [-0.2, -0.15) is 0 Å². The molecule has 106 valence electrons. The SMILES string of the molecule is CC1CCCCC1CNCCC(=O)OC(C)(C)C. The van der Waals surface area contributed by atoms with E-state index in [9.17, 15) is 4.79 Å². The molecule has 2 atom stereocenters. The zero-order valence-corrected chi connectivity index (χ0v) is 12.4. The normalized spacial score (nSPS) is 24.9. The van der Waals surface area contributed by atoms with Gasteiger partial charge in [0.1, 0.15) is 5.60 Å². The van der Waals surface area contributed by atoms with Crippen molar-refractivity contribution in [3.8, 4) is 0 Å². The molecule has 0 aliphatic heterocycles. The number of hydrogen-bond acceptors (Lipinski definition) is 3. The molecule has 0 aromatic rings. The van der Waals surface area contributed by atoms with Crippen LogP contribution in [0.2, 0.25) is 0 Å². The highest BCUT2D eigenvalue weighted by atomic mass is 16.6. The van der Waals surface area contributed by atoms with Crippen molar-refractivity contribution in [3.05, 3.63) is 0 Å². The van der Waals surface area contributed by atoms with E-state index in [4.69, 9.17) is 4.74 Å². The molecule has 0 amide bonds. The molecular formula is C15H29NO2. The molecule has 1 saturated carbocycles. The fourth-order valence-electron chi connectivity index (χ4n) is 2.57. The summed E-state index contributed by atoms with van der Waals surface area (Å²) in [6, 6.07) is 0. The first-order chi connectivity index (χ1) is 8.38. The number of carbonyl (C=O) groups excluding carboxylic acids is 1. The molecule has 0 radical (unpaired) electrons. The van der Waals surface area contributed by atoms with Crippen molar-refractivity contribution in [2.45, 2.75) is 65.4 Å². The van der Waals surface area contributed by atoms with E-state index < -0.39 is 0 Å². The molecule has 18 heavy (non-hydrogen) atoms. The Bertz CT molecular complexity index is 258. The fourth-order valence-corrected chi connectivity index (χ4v) is 2.57. The Balaban J connectivity index is 2.09. The molecule has 0 saturated heterocycles. The van der Waals surface area contributed by atoms with E-state index in [1.807, 2.05) is 20.8 Å². The van der Waals surface area contributed by atoms with Crippen LogP contribution >= 0.6 is 0 Å². The van der Waals surface area contributed by atoms with Crippen molar-refractivity contribution in [2.24, 2.45) is 11.8 Å². The quantitative estimate of drug-likeness (QED) is 0.606. The van der Waals surface area contributed by atoms with Crippen molar-refractivity contribution in [1.29, 1.82) is 0 Å². The van der Waals surface area contributed by atoms with Gasteiger partial charge >= 0.3 is 5.97 Å². The van der Waals surface area contributed by atoms with Gasteiger partial charge in [-0.1, -0.05) is 26.2 Å². The van der Waals surface area contributed by atoms with E-state index in [1.165, 1.54) is 25.7 Å². The number of nitrogens with one attached hydrogen (secondary N) is 1. The van der Waals surface area contributed by atoms with Crippen molar-refractivity contribution >= 4 is 5.97 Å². The number of hydrogen-bond donors (Lipinski definition) is 1. The second kappa shape index (κ2) is 7.13. The largest absolute Gasteiger partial charge is 0.460 e. The van der Waals surface area contributed by atoms with E-state index in [0.717, 1.165) is 24.9 Å². The molecule has 0 heterocycles. The first-order valence-corrected chi connectivity index (χ1v) is 7.31. The Morgan fingerprint density at radius 1 is 1.28 bits per heavy atom. The molecule has 3 nitrogen and oxygen atoms in total. The molecule has 1 N–H and O–H groups in total. The average molecular weight is 255 g/mol. The van der Waals surface area contributed by atoms with Crippen LogP contribution in [0.4, 0.5) is 0 Å². The van der Waals surface area contributed by atoms with Gasteiger partial charge in [0.15, 0.2) is 0 Å². The Morgan fingerprint density at radius 2 is 1.94 bits per heavy atom. The maximum absolute atomic E-state index is 11.5. The summed E-state index contributed by atoms with van der Waals surface area (Å²) in [5.74, 6) is 1.51. The summed E-state index contributed by atoms with van der Waals surface area (Å²) in [6.07, 6.45) is 5.91. The molecule has 1 aliphatic rings. The maximum Gasteiger partial charge on any atom is 0.307 e. The van der Waals surface area contributed by atoms with E-state index >= 15 is 0 Å². The first-order valence-electron chi connectivity index (χ1n) is 7.31. The van der Waals surface area contributed by atoms with Crippen LogP contribution in [0.15, 0.2) is 0 Å². The van der Waals surface area contributed by atoms with Gasteiger partial charge in [0.2, 0.25) is 0 Å². The van der Waals surface area contributed by atoms with Crippen LogP contribution in [0.25, 0.3) is 0 Å². The highest BCUT2D eigenvalue weighted by Gasteiger charge is 2.21. The molecule has 2 unspecified atom stereocenters. The van der Waals surface area contributed by atoms with Crippen LogP contribution in [-0.2, 0) is 9.53 Å². The summed E-state index contributed by atoms with van der Waals surface area (Å²) in [4.78, 5) is 11.5. The first kappa shape index (κ1) is 15.5. The van der Waals surface area contributed by atoms with Crippen molar-refractivity contribution in [2.75, 3.05) is 13.1 Å². The lowest BCUT2D eigenvalue weighted by Gasteiger charge is -2.28. The summed E-state index contributed by atoms with van der Waals surface area (Å²) in [5.41, 5.74) is -0.366. The summed E-state index contributed by atoms with van der Waals surface area (Å²) in [5, 5.41) is 3.40. The number of esters is 1. The molecule has 1 rings (SSSR count). The van der Waals surface area contributed by atoms with E-state index in [-0.39, 0.29) is 11.6 Å². The van der Waals surface area contributed by atoms with Gasteiger partial charge in [0.05, 0.1) is 6.42 Å². The van der Waals surface area contributed by atoms with Crippen LogP contribution < -0.4 is 5.32 Å². The molecule has 3 heteroatoms. The Labute approximate surface area is 112 Å². The smallest absolute Gasteiger partial charge is 0.307 e. The maximum atomic E-state index is 11.5. The third-order valence-electron chi connectivity index (χ3n) is 3.62. The second-order valence-corrected chi connectivity index (χ2v) is 6.56. The summed E-state index contributed by atoms with van der Waals surface area (Å²) < 4.78 is 5.27. The molecule has 1 aliphatic carbocycles. The van der Waals surface area contributed by atoms with Crippen molar-refractivity contribution in [1.82, 2.24) is 5.32 Å². The Morgan fingerprint density at radius 3 is 2.56 bits per heavy atom. The third kappa shape index (κ3) is 6.39. The molecule has 0 spiro atoms. The van der Waals surface area contributed by atoms with Crippen LogP contribution in [0.5, 0.6) is 0 Å². The van der Waals surface area contributed by atoms with Crippen molar-refractivity contribution < 1.29 is 9.53 Å². The Hall–Kier alpha value is -0.570. The summed E-state index contributed by atoms with van der Waals surface area (Å²) in [6.45, 7) is 9.84. The van der Waals surface area contributed by atoms with Gasteiger partial charge in [-0.15, -0.1) is 0 Å². The van der Waals surface area contributed by atoms with E-state index in [2.05, 4.69) is 12.2 Å². The van der Waals surface area contributed by atoms with Gasteiger partial charge in [-0.25, -0.2) is 0 Å². The predicted molar refractivity (Wildman–Crippen MR) is 74.5 cm³/mol. The Kier molecular flexibility index (Phi) is 6.13. The zero-order valence-electron chi connectivity index (χ0n) is 12.4. The van der Waals surface area contributed by atoms with E-state index in [1.54, 1.807) is 0 Å². The van der Waals surface area contributed by atoms with E-state index in [0.29, 0.717) is 6.42 Å². The zero-order chi connectivity index (χ0) is 13.6. The molecular weight excluding hydrogens is 226 g/mol. The average Bonchev–Trinajstić information content (AvgIpc) is 2.24. The lowest BCUT2D eigenvalue weighted by atomic mass is 9.80. The summed E-state index contributed by atoms with van der Waals surface area (Å²) >= 11 is 0. The van der Waals surface area contributed by atoms with Gasteiger partial charge in [0, 0.05) is 6.54 Å². The van der Waals surface area contributed by atoms with Gasteiger partial charge in [-0.05, 0) is 45.6 Å². The topological polar surface area (TPSA) is 38.3 Å². The molecule has 0 bridgehead atoms. The monoisotopic (exact) mass is 255 g/mol. The van der Waals surface area contributed by atoms with Crippen LogP contribution in [-0.4, -0.2) is 24.7 Å².